The van der Waals surface area contributed by atoms with Crippen molar-refractivity contribution in [3.05, 3.63) is 29.8 Å². The van der Waals surface area contributed by atoms with E-state index in [0.717, 1.165) is 12.4 Å². The molecular formula is C16H24O. The standard InChI is InChI=1S/C16H24O/c1-13(2)14-6-8-15(9-7-14)17-12-16(3)10-4-5-11-16/h6-9,13H,4-5,10-12H2,1-3H3. The van der Waals surface area contributed by atoms with Gasteiger partial charge in [-0.3, -0.25) is 0 Å². The summed E-state index contributed by atoms with van der Waals surface area (Å²) < 4.78 is 5.93. The molecule has 0 heterocycles. The van der Waals surface area contributed by atoms with Gasteiger partial charge in [0.25, 0.3) is 0 Å². The van der Waals surface area contributed by atoms with Crippen molar-refractivity contribution in [3.63, 3.8) is 0 Å². The molecule has 1 aromatic rings. The lowest BCUT2D eigenvalue weighted by molar-refractivity contribution is 0.168. The van der Waals surface area contributed by atoms with Crippen LogP contribution in [0, 0.1) is 5.41 Å². The number of rotatable bonds is 4. The van der Waals surface area contributed by atoms with Crippen molar-refractivity contribution in [2.75, 3.05) is 6.61 Å². The van der Waals surface area contributed by atoms with Gasteiger partial charge in [-0.15, -0.1) is 0 Å². The molecule has 0 atom stereocenters. The highest BCUT2D eigenvalue weighted by atomic mass is 16.5. The molecule has 1 aliphatic carbocycles. The molecule has 17 heavy (non-hydrogen) atoms. The van der Waals surface area contributed by atoms with Gasteiger partial charge in [-0.25, -0.2) is 0 Å². The molecule has 1 aliphatic rings. The summed E-state index contributed by atoms with van der Waals surface area (Å²) in [4.78, 5) is 0. The van der Waals surface area contributed by atoms with Crippen molar-refractivity contribution in [2.45, 2.75) is 52.4 Å². The zero-order valence-electron chi connectivity index (χ0n) is 11.3. The Balaban J connectivity index is 1.90. The lowest BCUT2D eigenvalue weighted by Gasteiger charge is -2.23. The van der Waals surface area contributed by atoms with Gasteiger partial charge >= 0.3 is 0 Å². The van der Waals surface area contributed by atoms with Crippen LogP contribution in [0.5, 0.6) is 5.75 Å². The van der Waals surface area contributed by atoms with Crippen LogP contribution in [0.4, 0.5) is 0 Å². The van der Waals surface area contributed by atoms with E-state index < -0.39 is 0 Å². The fourth-order valence-electron chi connectivity index (χ4n) is 2.58. The summed E-state index contributed by atoms with van der Waals surface area (Å²) in [6.07, 6.45) is 5.37. The normalized spacial score (nSPS) is 18.6. The van der Waals surface area contributed by atoms with Gasteiger partial charge in [0.15, 0.2) is 0 Å². The summed E-state index contributed by atoms with van der Waals surface area (Å²) in [7, 11) is 0. The van der Waals surface area contributed by atoms with Crippen molar-refractivity contribution in [2.24, 2.45) is 5.41 Å². The molecule has 1 saturated carbocycles. The average molecular weight is 232 g/mol. The van der Waals surface area contributed by atoms with Crippen LogP contribution in [-0.2, 0) is 0 Å². The Morgan fingerprint density at radius 1 is 1.12 bits per heavy atom. The molecule has 0 radical (unpaired) electrons. The van der Waals surface area contributed by atoms with Crippen LogP contribution in [0.2, 0.25) is 0 Å². The van der Waals surface area contributed by atoms with Crippen molar-refractivity contribution in [1.29, 1.82) is 0 Å². The first-order chi connectivity index (χ1) is 8.09. The lowest BCUT2D eigenvalue weighted by atomic mass is 9.90. The van der Waals surface area contributed by atoms with E-state index in [-0.39, 0.29) is 0 Å². The lowest BCUT2D eigenvalue weighted by Crippen LogP contribution is -2.21. The fourth-order valence-corrected chi connectivity index (χ4v) is 2.58. The molecule has 0 saturated heterocycles. The van der Waals surface area contributed by atoms with Gasteiger partial charge in [-0.05, 0) is 36.5 Å². The Kier molecular flexibility index (Phi) is 3.76. The summed E-state index contributed by atoms with van der Waals surface area (Å²) in [6.45, 7) is 7.65. The second-order valence-electron chi connectivity index (χ2n) is 6.03. The van der Waals surface area contributed by atoms with E-state index in [4.69, 9.17) is 4.74 Å². The van der Waals surface area contributed by atoms with Crippen molar-refractivity contribution < 1.29 is 4.74 Å². The molecule has 1 fully saturated rings. The minimum absolute atomic E-state index is 0.413. The molecule has 1 aromatic carbocycles. The first-order valence-electron chi connectivity index (χ1n) is 6.82. The minimum atomic E-state index is 0.413. The highest BCUT2D eigenvalue weighted by Gasteiger charge is 2.29. The van der Waals surface area contributed by atoms with Crippen molar-refractivity contribution in [3.8, 4) is 5.75 Å². The maximum atomic E-state index is 5.93. The number of benzene rings is 1. The average Bonchev–Trinajstić information content (AvgIpc) is 2.75. The van der Waals surface area contributed by atoms with Crippen molar-refractivity contribution in [1.82, 2.24) is 0 Å². The molecular weight excluding hydrogens is 208 g/mol. The Hall–Kier alpha value is -0.980. The summed E-state index contributed by atoms with van der Waals surface area (Å²) in [5, 5.41) is 0. The predicted molar refractivity (Wildman–Crippen MR) is 72.6 cm³/mol. The van der Waals surface area contributed by atoms with E-state index in [1.54, 1.807) is 0 Å². The number of hydrogen-bond donors (Lipinski definition) is 0. The third kappa shape index (κ3) is 3.24. The van der Waals surface area contributed by atoms with Gasteiger partial charge in [0.2, 0.25) is 0 Å². The van der Waals surface area contributed by atoms with Crippen LogP contribution < -0.4 is 4.74 Å². The number of hydrogen-bond acceptors (Lipinski definition) is 1. The smallest absolute Gasteiger partial charge is 0.119 e. The summed E-state index contributed by atoms with van der Waals surface area (Å²) in [5.41, 5.74) is 1.79. The molecule has 0 bridgehead atoms. The maximum absolute atomic E-state index is 5.93. The quantitative estimate of drug-likeness (QED) is 0.726. The minimum Gasteiger partial charge on any atom is -0.493 e. The van der Waals surface area contributed by atoms with Crippen LogP contribution in [0.1, 0.15) is 57.9 Å². The van der Waals surface area contributed by atoms with Gasteiger partial charge in [0, 0.05) is 5.41 Å². The molecule has 0 aliphatic heterocycles. The highest BCUT2D eigenvalue weighted by Crippen LogP contribution is 2.37. The highest BCUT2D eigenvalue weighted by molar-refractivity contribution is 5.28. The van der Waals surface area contributed by atoms with Crippen LogP contribution in [-0.4, -0.2) is 6.61 Å². The molecule has 0 spiro atoms. The summed E-state index contributed by atoms with van der Waals surface area (Å²) in [6, 6.07) is 8.56. The van der Waals surface area contributed by atoms with Crippen LogP contribution in [0.3, 0.4) is 0 Å². The first kappa shape index (κ1) is 12.5. The zero-order chi connectivity index (χ0) is 12.3. The van der Waals surface area contributed by atoms with Gasteiger partial charge in [-0.1, -0.05) is 45.7 Å². The largest absolute Gasteiger partial charge is 0.493 e. The van der Waals surface area contributed by atoms with Crippen molar-refractivity contribution >= 4 is 0 Å². The Morgan fingerprint density at radius 2 is 1.71 bits per heavy atom. The van der Waals surface area contributed by atoms with Crippen LogP contribution >= 0.6 is 0 Å². The fraction of sp³-hybridized carbons (Fsp3) is 0.625. The van der Waals surface area contributed by atoms with E-state index in [1.165, 1.54) is 31.2 Å². The first-order valence-corrected chi connectivity index (χ1v) is 6.82. The topological polar surface area (TPSA) is 9.23 Å². The van der Waals surface area contributed by atoms with Crippen LogP contribution in [0.25, 0.3) is 0 Å². The van der Waals surface area contributed by atoms with E-state index in [1.807, 2.05) is 0 Å². The van der Waals surface area contributed by atoms with Gasteiger partial charge < -0.3 is 4.74 Å². The van der Waals surface area contributed by atoms with Gasteiger partial charge in [0.05, 0.1) is 6.61 Å². The molecule has 1 heteroatoms. The molecule has 0 N–H and O–H groups in total. The Bertz CT molecular complexity index is 344. The Morgan fingerprint density at radius 3 is 2.24 bits per heavy atom. The summed E-state index contributed by atoms with van der Waals surface area (Å²) >= 11 is 0. The third-order valence-corrected chi connectivity index (χ3v) is 3.94. The molecule has 0 unspecified atom stereocenters. The summed E-state index contributed by atoms with van der Waals surface area (Å²) in [5.74, 6) is 1.61. The predicted octanol–water partition coefficient (Wildman–Crippen LogP) is 4.77. The van der Waals surface area contributed by atoms with E-state index in [0.29, 0.717) is 11.3 Å². The third-order valence-electron chi connectivity index (χ3n) is 3.94. The Labute approximate surface area is 105 Å². The molecule has 0 amide bonds. The SMILES string of the molecule is CC(C)c1ccc(OCC2(C)CCCC2)cc1. The zero-order valence-corrected chi connectivity index (χ0v) is 11.3. The van der Waals surface area contributed by atoms with E-state index >= 15 is 0 Å². The maximum Gasteiger partial charge on any atom is 0.119 e. The van der Waals surface area contributed by atoms with Gasteiger partial charge in [0.1, 0.15) is 5.75 Å². The van der Waals surface area contributed by atoms with Crippen LogP contribution in [0.15, 0.2) is 24.3 Å². The molecule has 2 rings (SSSR count). The molecule has 0 aromatic heterocycles. The monoisotopic (exact) mass is 232 g/mol. The van der Waals surface area contributed by atoms with E-state index in [9.17, 15) is 0 Å². The molecule has 94 valence electrons. The van der Waals surface area contributed by atoms with E-state index in [2.05, 4.69) is 45.0 Å². The molecule has 1 nitrogen and oxygen atoms in total. The number of ether oxygens (including phenoxy) is 1. The second kappa shape index (κ2) is 5.12. The van der Waals surface area contributed by atoms with Gasteiger partial charge in [-0.2, -0.15) is 0 Å². The second-order valence-corrected chi connectivity index (χ2v) is 6.03.